The van der Waals surface area contributed by atoms with Crippen LogP contribution in [0.4, 0.5) is 5.69 Å². The van der Waals surface area contributed by atoms with Gasteiger partial charge < -0.3 is 9.64 Å². The van der Waals surface area contributed by atoms with Crippen molar-refractivity contribution in [2.24, 2.45) is 0 Å². The number of nitriles is 1. The Morgan fingerprint density at radius 3 is 2.82 bits per heavy atom. The average molecular weight is 228 g/mol. The third kappa shape index (κ3) is 2.42. The van der Waals surface area contributed by atoms with Crippen molar-refractivity contribution in [1.29, 1.82) is 5.26 Å². The molecule has 3 heteroatoms. The maximum absolute atomic E-state index is 8.83. The molecule has 1 heterocycles. The zero-order valence-corrected chi connectivity index (χ0v) is 10.2. The van der Waals surface area contributed by atoms with E-state index < -0.39 is 0 Å². The van der Waals surface area contributed by atoms with Gasteiger partial charge in [0.1, 0.15) is 5.75 Å². The summed E-state index contributed by atoms with van der Waals surface area (Å²) >= 11 is 0. The molecule has 0 aromatic heterocycles. The van der Waals surface area contributed by atoms with E-state index in [0.29, 0.717) is 0 Å². The van der Waals surface area contributed by atoms with Gasteiger partial charge in [0.25, 0.3) is 0 Å². The van der Waals surface area contributed by atoms with Crippen molar-refractivity contribution in [3.8, 4) is 11.8 Å². The van der Waals surface area contributed by atoms with E-state index in [4.69, 9.17) is 10.00 Å². The van der Waals surface area contributed by atoms with Crippen LogP contribution < -0.4 is 9.64 Å². The summed E-state index contributed by atoms with van der Waals surface area (Å²) in [6, 6.07) is 8.39. The molecule has 0 atom stereocenters. The molecule has 88 valence electrons. The summed E-state index contributed by atoms with van der Waals surface area (Å²) in [5, 5.41) is 8.83. The summed E-state index contributed by atoms with van der Waals surface area (Å²) in [6.45, 7) is 3.73. The zero-order chi connectivity index (χ0) is 12.3. The predicted molar refractivity (Wildman–Crippen MR) is 68.3 cm³/mol. The van der Waals surface area contributed by atoms with Gasteiger partial charge in [-0.05, 0) is 31.0 Å². The molecule has 0 saturated heterocycles. The minimum absolute atomic E-state index is 0.780. The molecule has 0 saturated carbocycles. The first-order valence-corrected chi connectivity index (χ1v) is 5.73. The fourth-order valence-corrected chi connectivity index (χ4v) is 2.04. The SMILES string of the molecule is COc1ccc(C)cc1N1CC=C(C#N)CC1. The third-order valence-corrected chi connectivity index (χ3v) is 3.03. The Morgan fingerprint density at radius 2 is 2.24 bits per heavy atom. The molecular weight excluding hydrogens is 212 g/mol. The highest BCUT2D eigenvalue weighted by molar-refractivity contribution is 5.61. The fourth-order valence-electron chi connectivity index (χ4n) is 2.04. The maximum atomic E-state index is 8.83. The van der Waals surface area contributed by atoms with Gasteiger partial charge in [-0.2, -0.15) is 5.26 Å². The Bertz CT molecular complexity index is 485. The second-order valence-corrected chi connectivity index (χ2v) is 4.21. The minimum atomic E-state index is 0.780. The van der Waals surface area contributed by atoms with Crippen molar-refractivity contribution >= 4 is 5.69 Å². The molecule has 17 heavy (non-hydrogen) atoms. The first kappa shape index (κ1) is 11.5. The standard InChI is InChI=1S/C14H16N2O/c1-11-3-4-14(17-2)13(9-11)16-7-5-12(10-15)6-8-16/h3-5,9H,6-8H2,1-2H3. The Hall–Kier alpha value is -1.95. The summed E-state index contributed by atoms with van der Waals surface area (Å²) in [6.07, 6.45) is 2.80. The lowest BCUT2D eigenvalue weighted by molar-refractivity contribution is 0.414. The largest absolute Gasteiger partial charge is 0.495 e. The molecule has 0 bridgehead atoms. The molecule has 0 fully saturated rings. The van der Waals surface area contributed by atoms with Crippen LogP contribution in [0.25, 0.3) is 0 Å². The van der Waals surface area contributed by atoms with E-state index in [1.807, 2.05) is 18.2 Å². The van der Waals surface area contributed by atoms with Crippen molar-refractivity contribution in [3.63, 3.8) is 0 Å². The van der Waals surface area contributed by atoms with Crippen molar-refractivity contribution in [3.05, 3.63) is 35.4 Å². The summed E-state index contributed by atoms with van der Waals surface area (Å²) in [5.41, 5.74) is 3.21. The van der Waals surface area contributed by atoms with E-state index in [0.717, 1.165) is 36.5 Å². The number of anilines is 1. The van der Waals surface area contributed by atoms with Crippen LogP contribution in [0.15, 0.2) is 29.8 Å². The lowest BCUT2D eigenvalue weighted by atomic mass is 10.1. The van der Waals surface area contributed by atoms with Crippen LogP contribution in [-0.4, -0.2) is 20.2 Å². The van der Waals surface area contributed by atoms with Crippen molar-refractivity contribution in [2.45, 2.75) is 13.3 Å². The monoisotopic (exact) mass is 228 g/mol. The number of benzene rings is 1. The number of ether oxygens (including phenoxy) is 1. The Balaban J connectivity index is 2.27. The maximum Gasteiger partial charge on any atom is 0.142 e. The quantitative estimate of drug-likeness (QED) is 0.780. The van der Waals surface area contributed by atoms with Gasteiger partial charge in [0.2, 0.25) is 0 Å². The number of nitrogens with zero attached hydrogens (tertiary/aromatic N) is 2. The molecule has 0 N–H and O–H groups in total. The molecule has 0 aliphatic carbocycles. The van der Waals surface area contributed by atoms with E-state index in [2.05, 4.69) is 24.0 Å². The van der Waals surface area contributed by atoms with E-state index in [9.17, 15) is 0 Å². The smallest absolute Gasteiger partial charge is 0.142 e. The van der Waals surface area contributed by atoms with Crippen LogP contribution in [0.2, 0.25) is 0 Å². The van der Waals surface area contributed by atoms with Gasteiger partial charge in [-0.1, -0.05) is 12.1 Å². The van der Waals surface area contributed by atoms with E-state index in [-0.39, 0.29) is 0 Å². The molecule has 1 aliphatic rings. The Kier molecular flexibility index (Phi) is 3.34. The number of rotatable bonds is 2. The van der Waals surface area contributed by atoms with Crippen molar-refractivity contribution in [1.82, 2.24) is 0 Å². The van der Waals surface area contributed by atoms with Crippen LogP contribution in [0.5, 0.6) is 5.75 Å². The molecule has 0 radical (unpaired) electrons. The second kappa shape index (κ2) is 4.92. The summed E-state index contributed by atoms with van der Waals surface area (Å²) in [5.74, 6) is 0.893. The molecule has 0 amide bonds. The molecule has 0 spiro atoms. The molecule has 1 aromatic carbocycles. The molecule has 2 rings (SSSR count). The van der Waals surface area contributed by atoms with Crippen molar-refractivity contribution in [2.75, 3.05) is 25.1 Å². The van der Waals surface area contributed by atoms with Crippen LogP contribution in [0.1, 0.15) is 12.0 Å². The van der Waals surface area contributed by atoms with Crippen LogP contribution in [0.3, 0.4) is 0 Å². The van der Waals surface area contributed by atoms with Gasteiger partial charge in [-0.25, -0.2) is 0 Å². The van der Waals surface area contributed by atoms with E-state index >= 15 is 0 Å². The van der Waals surface area contributed by atoms with E-state index in [1.54, 1.807) is 7.11 Å². The summed E-state index contributed by atoms with van der Waals surface area (Å²) in [4.78, 5) is 2.24. The van der Waals surface area contributed by atoms with Gasteiger partial charge >= 0.3 is 0 Å². The number of methoxy groups -OCH3 is 1. The van der Waals surface area contributed by atoms with Crippen LogP contribution >= 0.6 is 0 Å². The first-order chi connectivity index (χ1) is 8.24. The summed E-state index contributed by atoms with van der Waals surface area (Å²) in [7, 11) is 1.69. The van der Waals surface area contributed by atoms with Crippen molar-refractivity contribution < 1.29 is 4.74 Å². The lowest BCUT2D eigenvalue weighted by Crippen LogP contribution is -2.28. The number of hydrogen-bond acceptors (Lipinski definition) is 3. The minimum Gasteiger partial charge on any atom is -0.495 e. The Labute approximate surface area is 102 Å². The highest BCUT2D eigenvalue weighted by atomic mass is 16.5. The fraction of sp³-hybridized carbons (Fsp3) is 0.357. The van der Waals surface area contributed by atoms with Gasteiger partial charge in [0.15, 0.2) is 0 Å². The highest BCUT2D eigenvalue weighted by Gasteiger charge is 2.15. The third-order valence-electron chi connectivity index (χ3n) is 3.03. The lowest BCUT2D eigenvalue weighted by Gasteiger charge is -2.28. The topological polar surface area (TPSA) is 36.3 Å². The second-order valence-electron chi connectivity index (χ2n) is 4.21. The van der Waals surface area contributed by atoms with Gasteiger partial charge in [-0.3, -0.25) is 0 Å². The predicted octanol–water partition coefficient (Wildman–Crippen LogP) is 2.66. The molecular formula is C14H16N2O. The highest BCUT2D eigenvalue weighted by Crippen LogP contribution is 2.30. The Morgan fingerprint density at radius 1 is 1.41 bits per heavy atom. The van der Waals surface area contributed by atoms with E-state index in [1.165, 1.54) is 5.56 Å². The summed E-state index contributed by atoms with van der Waals surface area (Å²) < 4.78 is 5.38. The van der Waals surface area contributed by atoms with Crippen LogP contribution in [-0.2, 0) is 0 Å². The zero-order valence-electron chi connectivity index (χ0n) is 10.2. The number of hydrogen-bond donors (Lipinski definition) is 0. The van der Waals surface area contributed by atoms with Gasteiger partial charge in [0, 0.05) is 18.7 Å². The molecule has 1 aliphatic heterocycles. The molecule has 0 unspecified atom stereocenters. The first-order valence-electron chi connectivity index (χ1n) is 5.73. The molecule has 3 nitrogen and oxygen atoms in total. The number of aryl methyl sites for hydroxylation is 1. The van der Waals surface area contributed by atoms with Gasteiger partial charge in [-0.15, -0.1) is 0 Å². The normalized spacial score (nSPS) is 15.1. The van der Waals surface area contributed by atoms with Gasteiger partial charge in [0.05, 0.1) is 18.9 Å². The average Bonchev–Trinajstić information content (AvgIpc) is 2.39. The van der Waals surface area contributed by atoms with Crippen LogP contribution in [0, 0.1) is 18.3 Å². The molecule has 1 aromatic rings.